The summed E-state index contributed by atoms with van der Waals surface area (Å²) >= 11 is 0. The number of aryl methyl sites for hydroxylation is 1. The lowest BCUT2D eigenvalue weighted by molar-refractivity contribution is 0.0522. The molecule has 2 aromatic rings. The first-order chi connectivity index (χ1) is 11.4. The molecule has 1 aromatic heterocycles. The molecule has 1 atom stereocenters. The van der Waals surface area contributed by atoms with E-state index in [-0.39, 0.29) is 29.5 Å². The van der Waals surface area contributed by atoms with E-state index in [0.717, 1.165) is 12.1 Å². The van der Waals surface area contributed by atoms with Crippen LogP contribution in [0.25, 0.3) is 11.4 Å². The minimum Gasteiger partial charge on any atom is -0.462 e. The van der Waals surface area contributed by atoms with Gasteiger partial charge in [-0.05, 0) is 38.3 Å². The van der Waals surface area contributed by atoms with Gasteiger partial charge in [-0.15, -0.1) is 0 Å². The van der Waals surface area contributed by atoms with Crippen LogP contribution in [0.4, 0.5) is 8.78 Å². The fraction of sp³-hybridized carbons (Fsp3) is 0.389. The molecule has 0 amide bonds. The van der Waals surface area contributed by atoms with Crippen LogP contribution in [0.5, 0.6) is 0 Å². The molecule has 1 unspecified atom stereocenters. The topological polar surface area (TPSA) is 52.1 Å². The molecule has 128 valence electrons. The van der Waals surface area contributed by atoms with Crippen LogP contribution < -0.4 is 0 Å². The van der Waals surface area contributed by atoms with Gasteiger partial charge in [0.25, 0.3) is 0 Å². The van der Waals surface area contributed by atoms with Gasteiger partial charge in [0.2, 0.25) is 0 Å². The molecule has 0 saturated heterocycles. The Hall–Kier alpha value is -2.37. The van der Waals surface area contributed by atoms with E-state index in [2.05, 4.69) is 9.97 Å². The Morgan fingerprint density at radius 3 is 2.38 bits per heavy atom. The lowest BCUT2D eigenvalue weighted by Crippen LogP contribution is -2.16. The number of halogens is 2. The highest BCUT2D eigenvalue weighted by Crippen LogP contribution is 2.29. The minimum atomic E-state index is -0.742. The highest BCUT2D eigenvalue weighted by atomic mass is 19.1. The zero-order valence-electron chi connectivity index (χ0n) is 14.2. The Balaban J connectivity index is 2.70. The summed E-state index contributed by atoms with van der Waals surface area (Å²) in [5.74, 6) is -2.15. The molecule has 0 bridgehead atoms. The van der Waals surface area contributed by atoms with Gasteiger partial charge in [-0.25, -0.2) is 23.5 Å². The lowest BCUT2D eigenvalue weighted by Gasteiger charge is -2.16. The average Bonchev–Trinajstić information content (AvgIpc) is 2.53. The second-order valence-corrected chi connectivity index (χ2v) is 5.52. The van der Waals surface area contributed by atoms with Gasteiger partial charge in [-0.1, -0.05) is 19.9 Å². The number of ether oxygens (including phenoxy) is 1. The van der Waals surface area contributed by atoms with Crippen molar-refractivity contribution >= 4 is 5.97 Å². The number of rotatable bonds is 5. The van der Waals surface area contributed by atoms with Crippen LogP contribution in [-0.2, 0) is 4.74 Å². The Morgan fingerprint density at radius 2 is 1.83 bits per heavy atom. The number of carbonyl (C=O) groups is 1. The number of benzene rings is 1. The van der Waals surface area contributed by atoms with Gasteiger partial charge in [-0.2, -0.15) is 0 Å². The normalized spacial score (nSPS) is 12.1. The Bertz CT molecular complexity index is 743. The van der Waals surface area contributed by atoms with Crippen molar-refractivity contribution in [1.29, 1.82) is 0 Å². The highest BCUT2D eigenvalue weighted by Gasteiger charge is 2.25. The third-order valence-electron chi connectivity index (χ3n) is 3.86. The number of hydrogen-bond donors (Lipinski definition) is 0. The van der Waals surface area contributed by atoms with Crippen LogP contribution in [0.3, 0.4) is 0 Å². The van der Waals surface area contributed by atoms with Crippen LogP contribution in [0, 0.1) is 18.6 Å². The second-order valence-electron chi connectivity index (χ2n) is 5.52. The highest BCUT2D eigenvalue weighted by molar-refractivity contribution is 5.92. The van der Waals surface area contributed by atoms with E-state index in [0.29, 0.717) is 17.8 Å². The minimum absolute atomic E-state index is 0.0635. The lowest BCUT2D eigenvalue weighted by atomic mass is 9.98. The van der Waals surface area contributed by atoms with Gasteiger partial charge < -0.3 is 4.74 Å². The molecule has 0 aliphatic rings. The Labute approximate surface area is 139 Å². The van der Waals surface area contributed by atoms with Gasteiger partial charge >= 0.3 is 5.97 Å². The number of hydrogen-bond acceptors (Lipinski definition) is 4. The fourth-order valence-electron chi connectivity index (χ4n) is 2.42. The van der Waals surface area contributed by atoms with E-state index in [1.54, 1.807) is 13.8 Å². The molecule has 0 radical (unpaired) electrons. The molecular formula is C18H20F2N2O2. The third-order valence-corrected chi connectivity index (χ3v) is 3.86. The number of esters is 1. The predicted octanol–water partition coefficient (Wildman–Crippen LogP) is 4.42. The summed E-state index contributed by atoms with van der Waals surface area (Å²) in [5.41, 5.74) is 0.768. The van der Waals surface area contributed by atoms with Crippen molar-refractivity contribution in [1.82, 2.24) is 9.97 Å². The summed E-state index contributed by atoms with van der Waals surface area (Å²) in [4.78, 5) is 20.7. The molecule has 24 heavy (non-hydrogen) atoms. The standard InChI is InChI=1S/C18H20F2N2O2/c1-5-10(3)16-14(18(23)24-6-2)11(4)21-17(22-16)15-12(19)8-7-9-13(15)20/h7-10H,5-6H2,1-4H3. The predicted molar refractivity (Wildman–Crippen MR) is 86.8 cm³/mol. The van der Waals surface area contributed by atoms with Crippen molar-refractivity contribution in [2.45, 2.75) is 40.0 Å². The van der Waals surface area contributed by atoms with Gasteiger partial charge in [-0.3, -0.25) is 0 Å². The van der Waals surface area contributed by atoms with Gasteiger partial charge in [0, 0.05) is 0 Å². The summed E-state index contributed by atoms with van der Waals surface area (Å²) in [6, 6.07) is 3.59. The molecule has 1 heterocycles. The van der Waals surface area contributed by atoms with Crippen molar-refractivity contribution in [3.63, 3.8) is 0 Å². The van der Waals surface area contributed by atoms with Crippen molar-refractivity contribution < 1.29 is 18.3 Å². The molecule has 0 N–H and O–H groups in total. The van der Waals surface area contributed by atoms with E-state index in [1.807, 2.05) is 13.8 Å². The molecule has 4 nitrogen and oxygen atoms in total. The van der Waals surface area contributed by atoms with Crippen LogP contribution in [-0.4, -0.2) is 22.5 Å². The summed E-state index contributed by atoms with van der Waals surface area (Å²) in [5, 5.41) is 0. The quantitative estimate of drug-likeness (QED) is 0.760. The van der Waals surface area contributed by atoms with Crippen molar-refractivity contribution in [2.24, 2.45) is 0 Å². The Kier molecular flexibility index (Phi) is 5.59. The first-order valence-corrected chi connectivity index (χ1v) is 7.90. The Morgan fingerprint density at radius 1 is 1.21 bits per heavy atom. The molecule has 2 rings (SSSR count). The van der Waals surface area contributed by atoms with Crippen LogP contribution in [0.2, 0.25) is 0 Å². The monoisotopic (exact) mass is 334 g/mol. The van der Waals surface area contributed by atoms with Gasteiger partial charge in [0.1, 0.15) is 17.2 Å². The number of carbonyl (C=O) groups excluding carboxylic acids is 1. The van der Waals surface area contributed by atoms with Crippen molar-refractivity contribution in [3.8, 4) is 11.4 Å². The van der Waals surface area contributed by atoms with E-state index in [9.17, 15) is 13.6 Å². The maximum Gasteiger partial charge on any atom is 0.341 e. The smallest absolute Gasteiger partial charge is 0.341 e. The first-order valence-electron chi connectivity index (χ1n) is 7.90. The molecule has 6 heteroatoms. The molecule has 0 spiro atoms. The molecule has 1 aromatic carbocycles. The van der Waals surface area contributed by atoms with Crippen molar-refractivity contribution in [3.05, 3.63) is 46.8 Å². The third kappa shape index (κ3) is 3.42. The van der Waals surface area contributed by atoms with Gasteiger partial charge in [0.15, 0.2) is 5.82 Å². The summed E-state index contributed by atoms with van der Waals surface area (Å²) in [6.45, 7) is 7.39. The van der Waals surface area contributed by atoms with E-state index < -0.39 is 17.6 Å². The molecule has 0 aliphatic heterocycles. The number of aromatic nitrogens is 2. The second kappa shape index (κ2) is 7.47. The van der Waals surface area contributed by atoms with Crippen LogP contribution >= 0.6 is 0 Å². The maximum atomic E-state index is 14.1. The van der Waals surface area contributed by atoms with Crippen molar-refractivity contribution in [2.75, 3.05) is 6.61 Å². The molecular weight excluding hydrogens is 314 g/mol. The SMILES string of the molecule is CCOC(=O)c1c(C)nc(-c2c(F)cccc2F)nc1C(C)CC. The molecule has 0 fully saturated rings. The van der Waals surface area contributed by atoms with E-state index >= 15 is 0 Å². The first kappa shape index (κ1) is 18.0. The summed E-state index contributed by atoms with van der Waals surface area (Å²) in [7, 11) is 0. The zero-order valence-corrected chi connectivity index (χ0v) is 14.2. The fourth-order valence-corrected chi connectivity index (χ4v) is 2.42. The number of nitrogens with zero attached hydrogens (tertiary/aromatic N) is 2. The van der Waals surface area contributed by atoms with E-state index in [1.165, 1.54) is 6.07 Å². The molecule has 0 aliphatic carbocycles. The van der Waals surface area contributed by atoms with Gasteiger partial charge in [0.05, 0.1) is 23.6 Å². The van der Waals surface area contributed by atoms with Crippen LogP contribution in [0.1, 0.15) is 54.9 Å². The zero-order chi connectivity index (χ0) is 17.9. The maximum absolute atomic E-state index is 14.1. The average molecular weight is 334 g/mol. The largest absolute Gasteiger partial charge is 0.462 e. The summed E-state index contributed by atoms with van der Waals surface area (Å²) < 4.78 is 33.2. The van der Waals surface area contributed by atoms with Crippen LogP contribution in [0.15, 0.2) is 18.2 Å². The van der Waals surface area contributed by atoms with E-state index in [4.69, 9.17) is 4.74 Å². The molecule has 0 saturated carbocycles. The summed E-state index contributed by atoms with van der Waals surface area (Å²) in [6.07, 6.45) is 0.710.